The smallest absolute Gasteiger partial charge is 0.373 e. The number of esters is 2. The van der Waals surface area contributed by atoms with Gasteiger partial charge in [-0.15, -0.1) is 5.06 Å². The molecule has 1 aliphatic heterocycles. The minimum absolute atomic E-state index is 0.0377. The van der Waals surface area contributed by atoms with Gasteiger partial charge in [0.1, 0.15) is 0 Å². The van der Waals surface area contributed by atoms with Crippen LogP contribution >= 0.6 is 0 Å². The number of rotatable bonds is 20. The molecule has 0 radical (unpaired) electrons. The second-order valence-electron chi connectivity index (χ2n) is 9.54. The molecule has 2 unspecified atom stereocenters. The van der Waals surface area contributed by atoms with Gasteiger partial charge in [-0.2, -0.15) is 0 Å². The first-order chi connectivity index (χ1) is 17.8. The van der Waals surface area contributed by atoms with Crippen LogP contribution in [-0.4, -0.2) is 47.0 Å². The van der Waals surface area contributed by atoms with Crippen LogP contribution in [0.1, 0.15) is 124 Å². The molecule has 0 saturated carbocycles. The molecule has 37 heavy (non-hydrogen) atoms. The molecule has 9 heteroatoms. The normalized spacial score (nSPS) is 15.2. The first kappa shape index (κ1) is 32.3. The standard InChI is InChI=1S/C28H45NO8/c1-4-5-6-7-8-9-10-11-12-13-14-15-16-17-18-19-26(32)35-22(2)27(33)36-23(3)28(34)37-29-24(30)20-21-25(29)31/h11-12,22-23H,4-10,13-21H2,1-3H3. The Kier molecular flexibility index (Phi) is 17.0. The van der Waals surface area contributed by atoms with Crippen LogP contribution in [0.25, 0.3) is 0 Å². The van der Waals surface area contributed by atoms with E-state index < -0.39 is 41.9 Å². The van der Waals surface area contributed by atoms with Crippen molar-refractivity contribution in [1.82, 2.24) is 5.06 Å². The van der Waals surface area contributed by atoms with Gasteiger partial charge in [-0.05, 0) is 46.0 Å². The predicted octanol–water partition coefficient (Wildman–Crippen LogP) is 5.49. The first-order valence-corrected chi connectivity index (χ1v) is 13.9. The van der Waals surface area contributed by atoms with E-state index in [0.717, 1.165) is 32.1 Å². The summed E-state index contributed by atoms with van der Waals surface area (Å²) in [4.78, 5) is 63.8. The number of ether oxygens (including phenoxy) is 2. The highest BCUT2D eigenvalue weighted by atomic mass is 16.7. The summed E-state index contributed by atoms with van der Waals surface area (Å²) < 4.78 is 10.0. The minimum atomic E-state index is -1.37. The van der Waals surface area contributed by atoms with E-state index in [1.165, 1.54) is 58.8 Å². The summed E-state index contributed by atoms with van der Waals surface area (Å²) in [5, 5.41) is 0.379. The van der Waals surface area contributed by atoms with Crippen molar-refractivity contribution < 1.29 is 38.3 Å². The zero-order chi connectivity index (χ0) is 27.5. The molecular weight excluding hydrogens is 478 g/mol. The zero-order valence-corrected chi connectivity index (χ0v) is 22.8. The van der Waals surface area contributed by atoms with Crippen molar-refractivity contribution in [1.29, 1.82) is 0 Å². The maximum absolute atomic E-state index is 12.1. The van der Waals surface area contributed by atoms with Crippen LogP contribution in [0.2, 0.25) is 0 Å². The fourth-order valence-electron chi connectivity index (χ4n) is 3.78. The van der Waals surface area contributed by atoms with Crippen LogP contribution in [0.5, 0.6) is 0 Å². The molecule has 210 valence electrons. The van der Waals surface area contributed by atoms with Crippen LogP contribution in [0.4, 0.5) is 0 Å². The van der Waals surface area contributed by atoms with Crippen molar-refractivity contribution in [3.63, 3.8) is 0 Å². The van der Waals surface area contributed by atoms with Crippen molar-refractivity contribution in [2.45, 2.75) is 136 Å². The summed E-state index contributed by atoms with van der Waals surface area (Å²) in [6, 6.07) is 0. The van der Waals surface area contributed by atoms with Crippen molar-refractivity contribution >= 4 is 29.7 Å². The third-order valence-corrected chi connectivity index (χ3v) is 6.09. The van der Waals surface area contributed by atoms with Gasteiger partial charge in [0.15, 0.2) is 12.2 Å². The quantitative estimate of drug-likeness (QED) is 0.0889. The Labute approximate surface area is 221 Å². The number of unbranched alkanes of at least 4 members (excludes halogenated alkanes) is 11. The molecular formula is C28H45NO8. The summed E-state index contributed by atoms with van der Waals surface area (Å²) in [6.07, 6.45) is 17.2. The SMILES string of the molecule is CCCCCCCCC=CCCCCCCCC(=O)OC(C)C(=O)OC(C)C(=O)ON1C(=O)CCC1=O. The van der Waals surface area contributed by atoms with Gasteiger partial charge in [0.05, 0.1) is 0 Å². The zero-order valence-electron chi connectivity index (χ0n) is 22.8. The molecule has 0 aromatic carbocycles. The lowest BCUT2D eigenvalue weighted by atomic mass is 10.1. The van der Waals surface area contributed by atoms with Crippen LogP contribution in [-0.2, 0) is 38.3 Å². The van der Waals surface area contributed by atoms with E-state index in [2.05, 4.69) is 19.1 Å². The highest BCUT2D eigenvalue weighted by Gasteiger charge is 2.35. The largest absolute Gasteiger partial charge is 0.451 e. The minimum Gasteiger partial charge on any atom is -0.451 e. The van der Waals surface area contributed by atoms with E-state index in [1.54, 1.807) is 0 Å². The van der Waals surface area contributed by atoms with Gasteiger partial charge >= 0.3 is 17.9 Å². The van der Waals surface area contributed by atoms with Gasteiger partial charge in [0.2, 0.25) is 0 Å². The molecule has 2 amide bonds. The fraction of sp³-hybridized carbons (Fsp3) is 0.750. The lowest BCUT2D eigenvalue weighted by Crippen LogP contribution is -2.38. The van der Waals surface area contributed by atoms with E-state index in [0.29, 0.717) is 11.5 Å². The van der Waals surface area contributed by atoms with Crippen LogP contribution in [0.15, 0.2) is 12.2 Å². The average Bonchev–Trinajstić information content (AvgIpc) is 3.18. The van der Waals surface area contributed by atoms with E-state index in [9.17, 15) is 24.0 Å². The van der Waals surface area contributed by atoms with Gasteiger partial charge < -0.3 is 14.3 Å². The Morgan fingerprint density at radius 2 is 1.22 bits per heavy atom. The second kappa shape index (κ2) is 19.4. The lowest BCUT2D eigenvalue weighted by molar-refractivity contribution is -0.206. The number of hydroxylamine groups is 2. The number of imide groups is 1. The molecule has 0 bridgehead atoms. The molecule has 9 nitrogen and oxygen atoms in total. The lowest BCUT2D eigenvalue weighted by Gasteiger charge is -2.18. The number of carbonyl (C=O) groups is 5. The Morgan fingerprint density at radius 3 is 1.78 bits per heavy atom. The van der Waals surface area contributed by atoms with Gasteiger partial charge in [-0.25, -0.2) is 9.59 Å². The number of allylic oxidation sites excluding steroid dienone is 2. The van der Waals surface area contributed by atoms with Crippen LogP contribution < -0.4 is 0 Å². The molecule has 0 N–H and O–H groups in total. The topological polar surface area (TPSA) is 116 Å². The Bertz CT molecular complexity index is 747. The van der Waals surface area contributed by atoms with E-state index in [1.807, 2.05) is 0 Å². The third kappa shape index (κ3) is 14.6. The summed E-state index contributed by atoms with van der Waals surface area (Å²) >= 11 is 0. The monoisotopic (exact) mass is 523 g/mol. The molecule has 2 atom stereocenters. The molecule has 0 aromatic rings. The van der Waals surface area contributed by atoms with E-state index >= 15 is 0 Å². The van der Waals surface area contributed by atoms with Crippen molar-refractivity contribution in [3.8, 4) is 0 Å². The van der Waals surface area contributed by atoms with E-state index in [4.69, 9.17) is 14.3 Å². The van der Waals surface area contributed by atoms with Crippen molar-refractivity contribution in [2.24, 2.45) is 0 Å². The van der Waals surface area contributed by atoms with Gasteiger partial charge in [-0.3, -0.25) is 14.4 Å². The second-order valence-corrected chi connectivity index (χ2v) is 9.54. The highest BCUT2D eigenvalue weighted by molar-refractivity contribution is 6.01. The number of hydrogen-bond acceptors (Lipinski definition) is 8. The Morgan fingerprint density at radius 1 is 0.730 bits per heavy atom. The molecule has 0 aliphatic carbocycles. The fourth-order valence-corrected chi connectivity index (χ4v) is 3.78. The average molecular weight is 524 g/mol. The first-order valence-electron chi connectivity index (χ1n) is 13.9. The van der Waals surface area contributed by atoms with Gasteiger partial charge in [-0.1, -0.05) is 70.4 Å². The summed E-state index contributed by atoms with van der Waals surface area (Å²) in [5.74, 6) is -3.75. The molecule has 0 aromatic heterocycles. The maximum Gasteiger partial charge on any atom is 0.373 e. The Balaban J connectivity index is 2.06. The number of amides is 2. The molecule has 1 aliphatic rings. The van der Waals surface area contributed by atoms with Gasteiger partial charge in [0.25, 0.3) is 11.8 Å². The summed E-state index contributed by atoms with van der Waals surface area (Å²) in [5.41, 5.74) is 0. The number of nitrogens with zero attached hydrogens (tertiary/aromatic N) is 1. The molecule has 1 rings (SSSR count). The third-order valence-electron chi connectivity index (χ3n) is 6.09. The van der Waals surface area contributed by atoms with Crippen LogP contribution in [0.3, 0.4) is 0 Å². The summed E-state index contributed by atoms with van der Waals surface area (Å²) in [6.45, 7) is 4.83. The molecule has 0 spiro atoms. The highest BCUT2D eigenvalue weighted by Crippen LogP contribution is 2.14. The number of carbonyl (C=O) groups excluding carboxylic acids is 5. The number of hydrogen-bond donors (Lipinski definition) is 0. The maximum atomic E-state index is 12.1. The summed E-state index contributed by atoms with van der Waals surface area (Å²) in [7, 11) is 0. The predicted molar refractivity (Wildman–Crippen MR) is 138 cm³/mol. The van der Waals surface area contributed by atoms with Crippen molar-refractivity contribution in [3.05, 3.63) is 12.2 Å². The molecule has 1 heterocycles. The van der Waals surface area contributed by atoms with E-state index in [-0.39, 0.29) is 19.3 Å². The van der Waals surface area contributed by atoms with Crippen LogP contribution in [0, 0.1) is 0 Å². The molecule has 1 fully saturated rings. The van der Waals surface area contributed by atoms with Gasteiger partial charge in [0, 0.05) is 19.3 Å². The Hall–Kier alpha value is -2.71. The van der Waals surface area contributed by atoms with Crippen molar-refractivity contribution in [2.75, 3.05) is 0 Å². The molecule has 1 saturated heterocycles.